The van der Waals surface area contributed by atoms with Crippen LogP contribution in [0.1, 0.15) is 34.2 Å². The van der Waals surface area contributed by atoms with Crippen molar-refractivity contribution in [2.75, 3.05) is 0 Å². The number of aryl methyl sites for hydroxylation is 1. The van der Waals surface area contributed by atoms with Crippen molar-refractivity contribution in [3.05, 3.63) is 94.9 Å². The average molecular weight is 566 g/mol. The number of H-pyrrole nitrogens is 1. The minimum absolute atomic E-state index is 0.314. The lowest BCUT2D eigenvalue weighted by atomic mass is 9.95. The number of aliphatic hydroxyl groups excluding tert-OH is 1. The van der Waals surface area contributed by atoms with E-state index >= 15 is 0 Å². The van der Waals surface area contributed by atoms with Gasteiger partial charge in [-0.3, -0.25) is 3.97 Å². The number of para-hydroxylation sites is 1. The highest BCUT2D eigenvalue weighted by Crippen LogP contribution is 2.37. The Morgan fingerprint density at radius 1 is 1.21 bits per heavy atom. The molecule has 0 saturated carbocycles. The Kier molecular flexibility index (Phi) is 6.01. The van der Waals surface area contributed by atoms with Gasteiger partial charge in [0, 0.05) is 47.5 Å². The third-order valence-electron chi connectivity index (χ3n) is 5.63. The molecule has 0 saturated heterocycles. The number of rotatable bonds is 6. The summed E-state index contributed by atoms with van der Waals surface area (Å²) in [6.07, 6.45) is 1.01. The predicted molar refractivity (Wildman–Crippen MR) is 139 cm³/mol. The van der Waals surface area contributed by atoms with Crippen molar-refractivity contribution in [2.24, 2.45) is 0 Å². The zero-order valence-electron chi connectivity index (χ0n) is 17.6. The Morgan fingerprint density at radius 3 is 2.79 bits per heavy atom. The van der Waals surface area contributed by atoms with E-state index in [1.807, 2.05) is 42.6 Å². The average Bonchev–Trinajstić information content (AvgIpc) is 3.47. The van der Waals surface area contributed by atoms with E-state index in [-0.39, 0.29) is 0 Å². The number of ether oxygens (including phenoxy) is 1. The van der Waals surface area contributed by atoms with Gasteiger partial charge in [-0.05, 0) is 54.4 Å². The van der Waals surface area contributed by atoms with Gasteiger partial charge in [-0.15, -0.1) is 0 Å². The summed E-state index contributed by atoms with van der Waals surface area (Å²) in [5.74, 6) is 1.20. The fourth-order valence-electron chi connectivity index (χ4n) is 4.14. The molecular formula is C25H19IN4O2S. The number of imidazole rings is 1. The summed E-state index contributed by atoms with van der Waals surface area (Å²) < 4.78 is 8.14. The SMILES string of the molecule is Cc1cc(COc2ccccc2)c(C(O)c2nc3ccc(C#N)cc3[nH]2)c2ccn(SI)c12. The Hall–Kier alpha value is -3.00. The molecule has 0 aliphatic heterocycles. The summed E-state index contributed by atoms with van der Waals surface area (Å²) in [6, 6.07) is 21.1. The molecule has 5 rings (SSSR count). The first kappa shape index (κ1) is 21.8. The van der Waals surface area contributed by atoms with Gasteiger partial charge in [0.05, 0.1) is 28.2 Å². The number of benzene rings is 3. The minimum Gasteiger partial charge on any atom is -0.489 e. The molecule has 0 radical (unpaired) electrons. The number of hydrogen-bond acceptors (Lipinski definition) is 5. The van der Waals surface area contributed by atoms with Crippen LogP contribution in [-0.4, -0.2) is 19.0 Å². The van der Waals surface area contributed by atoms with Crippen LogP contribution < -0.4 is 4.74 Å². The van der Waals surface area contributed by atoms with Gasteiger partial charge in [0.1, 0.15) is 24.3 Å². The van der Waals surface area contributed by atoms with Gasteiger partial charge in [0.2, 0.25) is 0 Å². The standard InChI is InChI=1S/C25H19IN4O2S/c1-15-11-17(14-32-18-5-3-2-4-6-18)22(19-9-10-30(33-26)23(15)19)24(31)25-28-20-8-7-16(13-27)12-21(20)29-25/h2-12,24,31H,14H2,1H3,(H,28,29). The number of aliphatic hydroxyl groups is 1. The third kappa shape index (κ3) is 4.08. The lowest BCUT2D eigenvalue weighted by molar-refractivity contribution is 0.208. The van der Waals surface area contributed by atoms with Crippen LogP contribution in [0.4, 0.5) is 0 Å². The van der Waals surface area contributed by atoms with Crippen molar-refractivity contribution >= 4 is 52.3 Å². The molecule has 0 aliphatic carbocycles. The zero-order valence-corrected chi connectivity index (χ0v) is 20.6. The molecule has 164 valence electrons. The molecule has 2 heterocycles. The normalized spacial score (nSPS) is 12.2. The maximum absolute atomic E-state index is 11.5. The lowest BCUT2D eigenvalue weighted by Gasteiger charge is -2.18. The number of nitriles is 1. The van der Waals surface area contributed by atoms with Crippen molar-refractivity contribution in [1.29, 1.82) is 5.26 Å². The molecule has 2 N–H and O–H groups in total. The van der Waals surface area contributed by atoms with Crippen molar-refractivity contribution in [1.82, 2.24) is 13.9 Å². The fraction of sp³-hybridized carbons (Fsp3) is 0.120. The second kappa shape index (κ2) is 9.09. The second-order valence-corrected chi connectivity index (χ2v) is 9.42. The van der Waals surface area contributed by atoms with Crippen LogP contribution in [0, 0.1) is 18.3 Å². The van der Waals surface area contributed by atoms with Gasteiger partial charge in [-0.25, -0.2) is 4.98 Å². The first-order chi connectivity index (χ1) is 16.1. The van der Waals surface area contributed by atoms with Crippen LogP contribution in [0.3, 0.4) is 0 Å². The van der Waals surface area contributed by atoms with Gasteiger partial charge < -0.3 is 14.8 Å². The van der Waals surface area contributed by atoms with Crippen LogP contribution in [-0.2, 0) is 6.61 Å². The van der Waals surface area contributed by atoms with Gasteiger partial charge in [0.25, 0.3) is 0 Å². The van der Waals surface area contributed by atoms with Crippen LogP contribution in [0.15, 0.2) is 66.9 Å². The summed E-state index contributed by atoms with van der Waals surface area (Å²) >= 11 is 2.25. The molecule has 0 spiro atoms. The maximum Gasteiger partial charge on any atom is 0.140 e. The summed E-state index contributed by atoms with van der Waals surface area (Å²) in [4.78, 5) is 7.81. The molecule has 6 nitrogen and oxygen atoms in total. The van der Waals surface area contributed by atoms with Gasteiger partial charge in [-0.1, -0.05) is 24.3 Å². The topological polar surface area (TPSA) is 86.9 Å². The molecule has 0 aliphatic rings. The van der Waals surface area contributed by atoms with E-state index in [9.17, 15) is 10.4 Å². The van der Waals surface area contributed by atoms with Crippen LogP contribution in [0.2, 0.25) is 0 Å². The number of aromatic amines is 1. The maximum atomic E-state index is 11.5. The van der Waals surface area contributed by atoms with Gasteiger partial charge in [0.15, 0.2) is 0 Å². The Labute approximate surface area is 206 Å². The van der Waals surface area contributed by atoms with Crippen molar-refractivity contribution in [2.45, 2.75) is 19.6 Å². The molecule has 2 aromatic heterocycles. The summed E-state index contributed by atoms with van der Waals surface area (Å²) in [5.41, 5.74) is 5.77. The Morgan fingerprint density at radius 2 is 2.03 bits per heavy atom. The molecular weight excluding hydrogens is 547 g/mol. The monoisotopic (exact) mass is 566 g/mol. The lowest BCUT2D eigenvalue weighted by Crippen LogP contribution is -2.09. The number of nitrogens with one attached hydrogen (secondary N) is 1. The molecule has 5 aromatic rings. The highest BCUT2D eigenvalue weighted by molar-refractivity contribution is 14.2. The Balaban J connectivity index is 1.63. The van der Waals surface area contributed by atoms with Gasteiger partial charge in [-0.2, -0.15) is 5.26 Å². The molecule has 33 heavy (non-hydrogen) atoms. The van der Waals surface area contributed by atoms with E-state index < -0.39 is 6.10 Å². The minimum atomic E-state index is -0.990. The van der Waals surface area contributed by atoms with E-state index in [1.54, 1.807) is 27.3 Å². The van der Waals surface area contributed by atoms with E-state index in [4.69, 9.17) is 4.74 Å². The van der Waals surface area contributed by atoms with Crippen molar-refractivity contribution in [3.8, 4) is 11.8 Å². The van der Waals surface area contributed by atoms with Crippen LogP contribution in [0.5, 0.6) is 5.75 Å². The van der Waals surface area contributed by atoms with E-state index in [2.05, 4.69) is 54.2 Å². The zero-order chi connectivity index (χ0) is 22.9. The summed E-state index contributed by atoms with van der Waals surface area (Å²) in [5, 5.41) is 21.7. The molecule has 1 unspecified atom stereocenters. The molecule has 8 heteroatoms. The Bertz CT molecular complexity index is 1500. The number of fused-ring (bicyclic) bond motifs is 2. The quantitative estimate of drug-likeness (QED) is 0.239. The smallest absolute Gasteiger partial charge is 0.140 e. The number of halogens is 1. The summed E-state index contributed by atoms with van der Waals surface area (Å²) in [7, 11) is 1.58. The summed E-state index contributed by atoms with van der Waals surface area (Å²) in [6.45, 7) is 2.38. The first-order valence-corrected chi connectivity index (χ1v) is 13.6. The van der Waals surface area contributed by atoms with E-state index in [0.29, 0.717) is 29.0 Å². The van der Waals surface area contributed by atoms with E-state index in [1.165, 1.54) is 0 Å². The predicted octanol–water partition coefficient (Wildman–Crippen LogP) is 6.20. The number of aromatic nitrogens is 3. The van der Waals surface area contributed by atoms with Crippen molar-refractivity contribution in [3.63, 3.8) is 0 Å². The molecule has 0 fully saturated rings. The van der Waals surface area contributed by atoms with E-state index in [0.717, 1.165) is 33.3 Å². The highest BCUT2D eigenvalue weighted by atomic mass is 127. The third-order valence-corrected chi connectivity index (χ3v) is 7.35. The van der Waals surface area contributed by atoms with Crippen molar-refractivity contribution < 1.29 is 9.84 Å². The molecule has 0 amide bonds. The largest absolute Gasteiger partial charge is 0.489 e. The molecule has 0 bridgehead atoms. The number of hydrogen-bond donors (Lipinski definition) is 2. The fourth-order valence-corrected chi connectivity index (χ4v) is 5.54. The second-order valence-electron chi connectivity index (χ2n) is 7.71. The molecule has 1 atom stereocenters. The molecule has 3 aromatic carbocycles. The highest BCUT2D eigenvalue weighted by Gasteiger charge is 2.24. The van der Waals surface area contributed by atoms with Crippen LogP contribution >= 0.6 is 30.3 Å². The first-order valence-electron chi connectivity index (χ1n) is 10.3. The van der Waals surface area contributed by atoms with Crippen LogP contribution in [0.25, 0.3) is 21.9 Å². The number of nitrogens with zero attached hydrogens (tertiary/aromatic N) is 3. The van der Waals surface area contributed by atoms with Gasteiger partial charge >= 0.3 is 0 Å².